The molecule has 0 aliphatic carbocycles. The Morgan fingerprint density at radius 1 is 1.11 bits per heavy atom. The van der Waals surface area contributed by atoms with Crippen molar-refractivity contribution in [1.82, 2.24) is 10.2 Å². The number of amides is 1. The van der Waals surface area contributed by atoms with Gasteiger partial charge in [0.1, 0.15) is 5.82 Å². The molecule has 0 saturated carbocycles. The number of carbonyl (C=O) groups is 1. The lowest BCUT2D eigenvalue weighted by Gasteiger charge is -2.20. The fourth-order valence-corrected chi connectivity index (χ4v) is 2.53. The van der Waals surface area contributed by atoms with Crippen molar-refractivity contribution in [2.45, 2.75) is 26.8 Å². The third-order valence-corrected chi connectivity index (χ3v) is 4.02. The molecule has 3 nitrogen and oxygen atoms in total. The highest BCUT2D eigenvalue weighted by Gasteiger charge is 2.10. The lowest BCUT2D eigenvalue weighted by molar-refractivity contribution is -0.122. The van der Waals surface area contributed by atoms with Crippen LogP contribution in [0.15, 0.2) is 48.5 Å². The average molecular weight is 413 g/mol. The zero-order valence-electron chi connectivity index (χ0n) is 15.9. The van der Waals surface area contributed by atoms with E-state index in [0.717, 1.165) is 13.1 Å². The van der Waals surface area contributed by atoms with Crippen molar-refractivity contribution in [2.75, 3.05) is 25.0 Å². The normalized spacial score (nSPS) is 10.3. The van der Waals surface area contributed by atoms with E-state index in [0.29, 0.717) is 25.1 Å². The molecule has 148 valence electrons. The van der Waals surface area contributed by atoms with Gasteiger partial charge in [0.2, 0.25) is 5.91 Å². The van der Waals surface area contributed by atoms with Crippen LogP contribution < -0.4 is 5.32 Å². The summed E-state index contributed by atoms with van der Waals surface area (Å²) in [6, 6.07) is 15.0. The van der Waals surface area contributed by atoms with E-state index in [4.69, 9.17) is 23.2 Å². The molecule has 0 aliphatic heterocycles. The Labute approximate surface area is 171 Å². The highest BCUT2D eigenvalue weighted by Crippen LogP contribution is 2.07. The minimum atomic E-state index is -0.221. The number of nitrogens with one attached hydrogen (secondary N) is 1. The molecule has 0 saturated heterocycles. The molecule has 0 heterocycles. The second kappa shape index (κ2) is 13.5. The van der Waals surface area contributed by atoms with Crippen LogP contribution in [-0.4, -0.2) is 35.8 Å². The Balaban J connectivity index is 0.00000114. The number of halogens is 3. The van der Waals surface area contributed by atoms with Crippen LogP contribution in [0.2, 0.25) is 0 Å². The second-order valence-corrected chi connectivity index (χ2v) is 6.89. The molecule has 0 aromatic heterocycles. The minimum Gasteiger partial charge on any atom is -0.355 e. The van der Waals surface area contributed by atoms with Gasteiger partial charge in [-0.15, -0.1) is 23.2 Å². The zero-order valence-corrected chi connectivity index (χ0v) is 17.4. The number of hydrogen-bond acceptors (Lipinski definition) is 2. The Bertz CT molecular complexity index is 680. The molecule has 0 fully saturated rings. The van der Waals surface area contributed by atoms with E-state index in [9.17, 15) is 9.18 Å². The van der Waals surface area contributed by atoms with Gasteiger partial charge in [0.15, 0.2) is 0 Å². The van der Waals surface area contributed by atoms with Crippen LogP contribution >= 0.6 is 23.2 Å². The van der Waals surface area contributed by atoms with E-state index < -0.39 is 0 Å². The first-order valence-corrected chi connectivity index (χ1v) is 9.97. The van der Waals surface area contributed by atoms with Gasteiger partial charge in [-0.3, -0.25) is 9.69 Å². The largest absolute Gasteiger partial charge is 0.355 e. The summed E-state index contributed by atoms with van der Waals surface area (Å²) in [5.41, 5.74) is 3.05. The number of benzene rings is 2. The Morgan fingerprint density at radius 2 is 1.74 bits per heavy atom. The van der Waals surface area contributed by atoms with Crippen LogP contribution in [0, 0.1) is 12.7 Å². The van der Waals surface area contributed by atoms with Crippen molar-refractivity contribution in [3.05, 3.63) is 71.0 Å². The van der Waals surface area contributed by atoms with E-state index >= 15 is 0 Å². The smallest absolute Gasteiger partial charge is 0.234 e. The van der Waals surface area contributed by atoms with Crippen molar-refractivity contribution >= 4 is 29.1 Å². The Kier molecular flexibility index (Phi) is 11.7. The first-order chi connectivity index (χ1) is 13.0. The monoisotopic (exact) mass is 412 g/mol. The molecule has 6 heteroatoms. The highest BCUT2D eigenvalue weighted by atomic mass is 35.5. The van der Waals surface area contributed by atoms with Gasteiger partial charge in [-0.05, 0) is 37.1 Å². The highest BCUT2D eigenvalue weighted by molar-refractivity contribution is 6.40. The van der Waals surface area contributed by atoms with Crippen molar-refractivity contribution in [3.8, 4) is 0 Å². The molecule has 1 N–H and O–H groups in total. The van der Waals surface area contributed by atoms with E-state index in [2.05, 4.69) is 41.4 Å². The number of aryl methyl sites for hydroxylation is 1. The Morgan fingerprint density at radius 3 is 2.33 bits per heavy atom. The summed E-state index contributed by atoms with van der Waals surface area (Å²) in [5.74, 6) is -0.249. The standard InChI is InChI=1S/C20H25FN2O.CH2Cl2/c1-3-23(14-17-10-8-16(2)9-11-17)15-20(24)22-13-12-18-6-4-5-7-19(18)21;2-1-3/h4-11H,3,12-15H2,1-2H3,(H,22,24);1H2. The number of likely N-dealkylation sites (N-methyl/N-ethyl adjacent to an activating group) is 1. The van der Waals surface area contributed by atoms with Crippen LogP contribution in [0.4, 0.5) is 4.39 Å². The lowest BCUT2D eigenvalue weighted by atomic mass is 10.1. The first kappa shape index (κ1) is 23.4. The van der Waals surface area contributed by atoms with Crippen molar-refractivity contribution in [3.63, 3.8) is 0 Å². The van der Waals surface area contributed by atoms with Crippen LogP contribution in [0.3, 0.4) is 0 Å². The molecule has 2 aromatic carbocycles. The van der Waals surface area contributed by atoms with Crippen LogP contribution in [-0.2, 0) is 17.8 Å². The summed E-state index contributed by atoms with van der Waals surface area (Å²) < 4.78 is 13.5. The molecule has 0 spiro atoms. The van der Waals surface area contributed by atoms with Gasteiger partial charge in [0, 0.05) is 13.1 Å². The predicted molar refractivity (Wildman–Crippen MR) is 112 cm³/mol. The summed E-state index contributed by atoms with van der Waals surface area (Å²) in [7, 11) is 0. The summed E-state index contributed by atoms with van der Waals surface area (Å²) in [6.45, 7) is 6.45. The Hall–Kier alpha value is -1.62. The maximum Gasteiger partial charge on any atom is 0.234 e. The number of alkyl halides is 2. The van der Waals surface area contributed by atoms with Gasteiger partial charge in [-0.1, -0.05) is 55.0 Å². The molecule has 2 aromatic rings. The SMILES string of the molecule is CCN(CC(=O)NCCc1ccccc1F)Cc1ccc(C)cc1.ClCCl. The molecule has 1 amide bonds. The third-order valence-electron chi connectivity index (χ3n) is 4.02. The lowest BCUT2D eigenvalue weighted by Crippen LogP contribution is -2.37. The van der Waals surface area contributed by atoms with E-state index in [1.165, 1.54) is 17.2 Å². The third kappa shape index (κ3) is 9.76. The van der Waals surface area contributed by atoms with Gasteiger partial charge in [0.25, 0.3) is 0 Å². The number of nitrogens with zero attached hydrogens (tertiary/aromatic N) is 1. The zero-order chi connectivity index (χ0) is 20.1. The van der Waals surface area contributed by atoms with Crippen LogP contribution in [0.25, 0.3) is 0 Å². The van der Waals surface area contributed by atoms with Gasteiger partial charge in [0.05, 0.1) is 11.9 Å². The molecule has 0 radical (unpaired) electrons. The maximum absolute atomic E-state index is 13.5. The minimum absolute atomic E-state index is 0.0275. The van der Waals surface area contributed by atoms with Crippen molar-refractivity contribution in [1.29, 1.82) is 0 Å². The molecule has 0 bridgehead atoms. The summed E-state index contributed by atoms with van der Waals surface area (Å²) in [4.78, 5) is 14.2. The number of rotatable bonds is 8. The summed E-state index contributed by atoms with van der Waals surface area (Å²) in [5, 5.41) is 3.07. The second-order valence-electron chi connectivity index (χ2n) is 6.08. The van der Waals surface area contributed by atoms with Crippen molar-refractivity contribution in [2.24, 2.45) is 0 Å². The molecule has 0 aliphatic rings. The number of carbonyl (C=O) groups excluding carboxylic acids is 1. The summed E-state index contributed by atoms with van der Waals surface area (Å²) in [6.07, 6.45) is 0.502. The molecular weight excluding hydrogens is 386 g/mol. The molecular formula is C21H27Cl2FN2O. The van der Waals surface area contributed by atoms with E-state index in [1.54, 1.807) is 18.2 Å². The number of hydrogen-bond donors (Lipinski definition) is 1. The maximum atomic E-state index is 13.5. The molecule has 0 unspecified atom stereocenters. The van der Waals surface area contributed by atoms with Crippen LogP contribution in [0.1, 0.15) is 23.6 Å². The van der Waals surface area contributed by atoms with Gasteiger partial charge < -0.3 is 5.32 Å². The molecule has 27 heavy (non-hydrogen) atoms. The van der Waals surface area contributed by atoms with E-state index in [1.807, 2.05) is 6.92 Å². The fraction of sp³-hybridized carbons (Fsp3) is 0.381. The molecule has 0 atom stereocenters. The molecule has 2 rings (SSSR count). The predicted octanol–water partition coefficient (Wildman–Crippen LogP) is 4.74. The van der Waals surface area contributed by atoms with Gasteiger partial charge >= 0.3 is 0 Å². The average Bonchev–Trinajstić information content (AvgIpc) is 2.65. The quantitative estimate of drug-likeness (QED) is 0.635. The van der Waals surface area contributed by atoms with Gasteiger partial charge in [-0.2, -0.15) is 0 Å². The van der Waals surface area contributed by atoms with Crippen LogP contribution in [0.5, 0.6) is 0 Å². The fourth-order valence-electron chi connectivity index (χ4n) is 2.53. The van der Waals surface area contributed by atoms with E-state index in [-0.39, 0.29) is 17.1 Å². The van der Waals surface area contributed by atoms with Crippen molar-refractivity contribution < 1.29 is 9.18 Å². The topological polar surface area (TPSA) is 32.3 Å². The first-order valence-electron chi connectivity index (χ1n) is 8.90. The summed E-state index contributed by atoms with van der Waals surface area (Å²) >= 11 is 9.53. The van der Waals surface area contributed by atoms with Gasteiger partial charge in [-0.25, -0.2) is 4.39 Å².